The minimum atomic E-state index is -4.86. The summed E-state index contributed by atoms with van der Waals surface area (Å²) < 4.78 is 47.9. The summed E-state index contributed by atoms with van der Waals surface area (Å²) in [6.45, 7) is 1.52. The topological polar surface area (TPSA) is 131 Å². The van der Waals surface area contributed by atoms with Gasteiger partial charge in [-0.2, -0.15) is 0 Å². The molecule has 37 heavy (non-hydrogen) atoms. The van der Waals surface area contributed by atoms with Crippen molar-refractivity contribution in [3.05, 3.63) is 51.8 Å². The van der Waals surface area contributed by atoms with Crippen LogP contribution in [-0.4, -0.2) is 78.0 Å². The SMILES string of the molecule is O=C(OCc1ccc(OC(F)(F)F)c(Cl)c1)N1CCc2nc(C(=O)N3CCc4[nH]nnc4C3)nn2CC1. The zero-order valence-corrected chi connectivity index (χ0v) is 19.9. The van der Waals surface area contributed by atoms with E-state index in [1.165, 1.54) is 17.0 Å². The molecule has 16 heteroatoms. The van der Waals surface area contributed by atoms with E-state index in [-0.39, 0.29) is 36.5 Å². The Kier molecular flexibility index (Phi) is 6.62. The first kappa shape index (κ1) is 24.8. The van der Waals surface area contributed by atoms with Gasteiger partial charge in [-0.3, -0.25) is 9.89 Å². The summed E-state index contributed by atoms with van der Waals surface area (Å²) >= 11 is 5.83. The van der Waals surface area contributed by atoms with Crippen LogP contribution in [0.4, 0.5) is 18.0 Å². The lowest BCUT2D eigenvalue weighted by molar-refractivity contribution is -0.274. The Morgan fingerprint density at radius 3 is 2.70 bits per heavy atom. The molecule has 0 spiro atoms. The summed E-state index contributed by atoms with van der Waals surface area (Å²) in [5.41, 5.74) is 2.04. The molecule has 0 unspecified atom stereocenters. The second kappa shape index (κ2) is 9.88. The van der Waals surface area contributed by atoms with E-state index in [2.05, 4.69) is 30.2 Å². The van der Waals surface area contributed by atoms with Crippen molar-refractivity contribution >= 4 is 23.6 Å². The first-order valence-electron chi connectivity index (χ1n) is 11.2. The Hall–Kier alpha value is -3.88. The largest absolute Gasteiger partial charge is 0.573 e. The van der Waals surface area contributed by atoms with Gasteiger partial charge in [-0.1, -0.05) is 22.9 Å². The van der Waals surface area contributed by atoms with Gasteiger partial charge < -0.3 is 19.3 Å². The highest BCUT2D eigenvalue weighted by Crippen LogP contribution is 2.31. The van der Waals surface area contributed by atoms with Gasteiger partial charge in [0.05, 0.1) is 23.8 Å². The first-order valence-corrected chi connectivity index (χ1v) is 11.6. The number of fused-ring (bicyclic) bond motifs is 2. The fourth-order valence-electron chi connectivity index (χ4n) is 4.07. The van der Waals surface area contributed by atoms with Crippen molar-refractivity contribution in [1.29, 1.82) is 0 Å². The predicted molar refractivity (Wildman–Crippen MR) is 118 cm³/mol. The molecule has 0 aliphatic carbocycles. The quantitative estimate of drug-likeness (QED) is 0.533. The van der Waals surface area contributed by atoms with Crippen LogP contribution in [0.2, 0.25) is 5.02 Å². The molecule has 0 fully saturated rings. The Balaban J connectivity index is 1.14. The lowest BCUT2D eigenvalue weighted by Gasteiger charge is -2.24. The average Bonchev–Trinajstić information content (AvgIpc) is 3.44. The summed E-state index contributed by atoms with van der Waals surface area (Å²) in [4.78, 5) is 33.0. The number of hydrogen-bond acceptors (Lipinski definition) is 8. The second-order valence-corrected chi connectivity index (χ2v) is 8.80. The monoisotopic (exact) mass is 540 g/mol. The number of amides is 2. The normalized spacial score (nSPS) is 15.6. The highest BCUT2D eigenvalue weighted by Gasteiger charge is 2.32. The molecule has 2 aliphatic heterocycles. The van der Waals surface area contributed by atoms with Crippen molar-refractivity contribution in [3.8, 4) is 5.75 Å². The maximum atomic E-state index is 12.9. The number of nitrogens with one attached hydrogen (secondary N) is 1. The molecule has 3 aromatic rings. The summed E-state index contributed by atoms with van der Waals surface area (Å²) in [6.07, 6.45) is -4.49. The van der Waals surface area contributed by atoms with Gasteiger partial charge in [0, 0.05) is 32.5 Å². The van der Waals surface area contributed by atoms with Gasteiger partial charge in [0.15, 0.2) is 0 Å². The molecule has 196 valence electrons. The molecule has 0 radical (unpaired) electrons. The number of halogens is 4. The van der Waals surface area contributed by atoms with Crippen LogP contribution in [0.1, 0.15) is 33.4 Å². The van der Waals surface area contributed by atoms with Crippen LogP contribution in [0.25, 0.3) is 0 Å². The smallest absolute Gasteiger partial charge is 0.445 e. The van der Waals surface area contributed by atoms with E-state index in [1.807, 2.05) is 0 Å². The third-order valence-electron chi connectivity index (χ3n) is 5.93. The number of carbonyl (C=O) groups excluding carboxylic acids is 2. The molecular formula is C21H20ClF3N8O4. The van der Waals surface area contributed by atoms with Crippen molar-refractivity contribution in [2.24, 2.45) is 0 Å². The number of rotatable bonds is 4. The molecule has 0 atom stereocenters. The number of aromatic nitrogens is 6. The van der Waals surface area contributed by atoms with E-state index in [0.29, 0.717) is 43.9 Å². The summed E-state index contributed by atoms with van der Waals surface area (Å²) in [5.74, 6) is -0.173. The number of nitrogens with zero attached hydrogens (tertiary/aromatic N) is 7. The summed E-state index contributed by atoms with van der Waals surface area (Å²) in [5, 5.41) is 14.7. The van der Waals surface area contributed by atoms with Crippen molar-refractivity contribution in [1.82, 2.24) is 40.0 Å². The zero-order valence-electron chi connectivity index (χ0n) is 19.2. The van der Waals surface area contributed by atoms with Crippen molar-refractivity contribution in [2.75, 3.05) is 19.6 Å². The van der Waals surface area contributed by atoms with Gasteiger partial charge in [-0.05, 0) is 17.7 Å². The maximum Gasteiger partial charge on any atom is 0.573 e. The fraction of sp³-hybridized carbons (Fsp3) is 0.429. The lowest BCUT2D eigenvalue weighted by Crippen LogP contribution is -2.37. The van der Waals surface area contributed by atoms with Gasteiger partial charge in [-0.25, -0.2) is 14.5 Å². The van der Waals surface area contributed by atoms with Crippen LogP contribution in [0, 0.1) is 0 Å². The molecule has 12 nitrogen and oxygen atoms in total. The fourth-order valence-corrected chi connectivity index (χ4v) is 4.31. The second-order valence-electron chi connectivity index (χ2n) is 8.39. The lowest BCUT2D eigenvalue weighted by atomic mass is 10.1. The van der Waals surface area contributed by atoms with Gasteiger partial charge >= 0.3 is 12.5 Å². The van der Waals surface area contributed by atoms with Crippen molar-refractivity contribution in [2.45, 2.75) is 38.9 Å². The van der Waals surface area contributed by atoms with E-state index < -0.39 is 18.2 Å². The third kappa shape index (κ3) is 5.60. The standard InChI is InChI=1S/C21H20ClF3N8O4/c22-13-9-12(1-2-16(13)37-21(23,24)25)11-36-20(35)31-6-4-17-26-18(29-33(17)8-7-31)19(34)32-5-3-14-15(10-32)28-30-27-14/h1-2,9H,3-8,10-11H2,(H,27,28,30). The Morgan fingerprint density at radius 2 is 1.92 bits per heavy atom. The number of carbonyl (C=O) groups is 2. The van der Waals surface area contributed by atoms with Crippen molar-refractivity contribution < 1.29 is 32.2 Å². The van der Waals surface area contributed by atoms with Crippen LogP contribution in [0.3, 0.4) is 0 Å². The molecule has 4 heterocycles. The third-order valence-corrected chi connectivity index (χ3v) is 6.23. The molecule has 5 rings (SSSR count). The number of alkyl halides is 3. The van der Waals surface area contributed by atoms with Crippen LogP contribution in [0.15, 0.2) is 18.2 Å². The predicted octanol–water partition coefficient (Wildman–Crippen LogP) is 2.34. The van der Waals surface area contributed by atoms with Gasteiger partial charge in [-0.15, -0.1) is 23.4 Å². The summed E-state index contributed by atoms with van der Waals surface area (Å²) in [7, 11) is 0. The minimum absolute atomic E-state index is 0.0906. The molecule has 2 amide bonds. The molecule has 1 aromatic carbocycles. The minimum Gasteiger partial charge on any atom is -0.445 e. The van der Waals surface area contributed by atoms with Crippen molar-refractivity contribution in [3.63, 3.8) is 0 Å². The average molecular weight is 541 g/mol. The van der Waals surface area contributed by atoms with Crippen LogP contribution < -0.4 is 4.74 Å². The number of H-pyrrole nitrogens is 1. The molecule has 2 aromatic heterocycles. The Bertz CT molecular complexity index is 1300. The van der Waals surface area contributed by atoms with E-state index in [9.17, 15) is 22.8 Å². The first-order chi connectivity index (χ1) is 17.7. The van der Waals surface area contributed by atoms with E-state index >= 15 is 0 Å². The Labute approximate surface area is 212 Å². The zero-order chi connectivity index (χ0) is 26.2. The number of ether oxygens (including phenoxy) is 2. The van der Waals surface area contributed by atoms with E-state index in [0.717, 1.165) is 17.5 Å². The number of benzene rings is 1. The maximum absolute atomic E-state index is 12.9. The van der Waals surface area contributed by atoms with Gasteiger partial charge in [0.25, 0.3) is 5.91 Å². The molecule has 0 bridgehead atoms. The summed E-state index contributed by atoms with van der Waals surface area (Å²) in [6, 6.07) is 3.62. The van der Waals surface area contributed by atoms with E-state index in [4.69, 9.17) is 16.3 Å². The molecular weight excluding hydrogens is 521 g/mol. The van der Waals surface area contributed by atoms with E-state index in [1.54, 1.807) is 9.58 Å². The molecule has 1 N–H and O–H groups in total. The number of hydrogen-bond donors (Lipinski definition) is 1. The highest BCUT2D eigenvalue weighted by atomic mass is 35.5. The van der Waals surface area contributed by atoms with Crippen LogP contribution in [0.5, 0.6) is 5.75 Å². The van der Waals surface area contributed by atoms with Crippen LogP contribution in [-0.2, 0) is 37.3 Å². The Morgan fingerprint density at radius 1 is 1.11 bits per heavy atom. The molecule has 0 saturated carbocycles. The molecule has 0 saturated heterocycles. The molecule has 2 aliphatic rings. The van der Waals surface area contributed by atoms with Crippen LogP contribution >= 0.6 is 11.6 Å². The van der Waals surface area contributed by atoms with Gasteiger partial charge in [0.1, 0.15) is 23.9 Å². The number of aromatic amines is 1. The highest BCUT2D eigenvalue weighted by molar-refractivity contribution is 6.32. The van der Waals surface area contributed by atoms with Gasteiger partial charge in [0.2, 0.25) is 5.82 Å².